The number of hydrogen-bond acceptors (Lipinski definition) is 2. The van der Waals surface area contributed by atoms with Crippen LogP contribution in [0.5, 0.6) is 0 Å². The molecule has 2 rings (SSSR count). The fraction of sp³-hybridized carbons (Fsp3) is 0.571. The molecule has 0 heterocycles. The molecule has 2 atom stereocenters. The van der Waals surface area contributed by atoms with Gasteiger partial charge in [-0.25, -0.2) is 0 Å². The molecule has 0 bridgehead atoms. The number of rotatable bonds is 4. The van der Waals surface area contributed by atoms with E-state index in [0.29, 0.717) is 11.3 Å². The molecule has 16 heavy (non-hydrogen) atoms. The molecule has 0 radical (unpaired) electrons. The van der Waals surface area contributed by atoms with E-state index in [2.05, 4.69) is 32.0 Å². The van der Waals surface area contributed by atoms with E-state index >= 15 is 0 Å². The number of hydrogen-bond donors (Lipinski definition) is 1. The zero-order valence-corrected chi connectivity index (χ0v) is 11.0. The minimum atomic E-state index is 0.303. The summed E-state index contributed by atoms with van der Waals surface area (Å²) in [6, 6.07) is 7.26. The third kappa shape index (κ3) is 3.02. The number of nitrogens with two attached hydrogens (primary N) is 1. The third-order valence-corrected chi connectivity index (χ3v) is 4.23. The van der Waals surface area contributed by atoms with E-state index in [4.69, 9.17) is 5.73 Å². The lowest BCUT2D eigenvalue weighted by molar-refractivity contribution is 0.663. The topological polar surface area (TPSA) is 26.0 Å². The minimum Gasteiger partial charge on any atom is -0.328 e. The number of fused-ring (bicyclic) bond motifs is 1. The van der Waals surface area contributed by atoms with Crippen LogP contribution >= 0.6 is 11.8 Å². The van der Waals surface area contributed by atoms with Gasteiger partial charge in [0.2, 0.25) is 0 Å². The Morgan fingerprint density at radius 1 is 1.25 bits per heavy atom. The van der Waals surface area contributed by atoms with Crippen LogP contribution in [-0.2, 0) is 12.8 Å². The Labute approximate surface area is 103 Å². The smallest absolute Gasteiger partial charge is 0.00806 e. The fourth-order valence-electron chi connectivity index (χ4n) is 2.43. The molecule has 0 aliphatic heterocycles. The second-order valence-corrected chi connectivity index (χ2v) is 6.44. The van der Waals surface area contributed by atoms with Gasteiger partial charge in [-0.1, -0.05) is 13.0 Å². The number of aryl methyl sites for hydroxylation is 2. The molecule has 0 saturated carbocycles. The Morgan fingerprint density at radius 3 is 2.75 bits per heavy atom. The summed E-state index contributed by atoms with van der Waals surface area (Å²) in [7, 11) is 0. The standard InChI is InChI=1S/C14H21NS/c1-10(15)8-11(2)16-14-7-6-12-4-3-5-13(12)9-14/h6-7,9-11H,3-5,8,15H2,1-2H3. The average molecular weight is 235 g/mol. The second kappa shape index (κ2) is 5.24. The van der Waals surface area contributed by atoms with Crippen molar-refractivity contribution in [2.75, 3.05) is 0 Å². The van der Waals surface area contributed by atoms with Gasteiger partial charge in [0.1, 0.15) is 0 Å². The van der Waals surface area contributed by atoms with Crippen LogP contribution in [0.1, 0.15) is 37.8 Å². The Hall–Kier alpha value is -0.470. The van der Waals surface area contributed by atoms with Gasteiger partial charge in [0.15, 0.2) is 0 Å². The first-order chi connectivity index (χ1) is 7.65. The maximum atomic E-state index is 5.82. The molecule has 0 saturated heterocycles. The van der Waals surface area contributed by atoms with E-state index in [9.17, 15) is 0 Å². The highest BCUT2D eigenvalue weighted by Crippen LogP contribution is 2.30. The number of thioether (sulfide) groups is 1. The van der Waals surface area contributed by atoms with Crippen molar-refractivity contribution >= 4 is 11.8 Å². The summed E-state index contributed by atoms with van der Waals surface area (Å²) in [6.45, 7) is 4.35. The molecule has 1 aliphatic carbocycles. The molecular formula is C14H21NS. The van der Waals surface area contributed by atoms with Crippen LogP contribution in [0.2, 0.25) is 0 Å². The Balaban J connectivity index is 1.99. The number of benzene rings is 1. The molecule has 1 nitrogen and oxygen atoms in total. The van der Waals surface area contributed by atoms with E-state index in [1.54, 1.807) is 11.1 Å². The Bertz CT molecular complexity index is 360. The van der Waals surface area contributed by atoms with E-state index in [0.717, 1.165) is 6.42 Å². The predicted molar refractivity (Wildman–Crippen MR) is 72.1 cm³/mol. The predicted octanol–water partition coefficient (Wildman–Crippen LogP) is 3.39. The van der Waals surface area contributed by atoms with E-state index < -0.39 is 0 Å². The monoisotopic (exact) mass is 235 g/mol. The summed E-state index contributed by atoms with van der Waals surface area (Å²) in [5, 5.41) is 0.611. The first-order valence-corrected chi connectivity index (χ1v) is 7.07. The van der Waals surface area contributed by atoms with Gasteiger partial charge >= 0.3 is 0 Å². The molecular weight excluding hydrogens is 214 g/mol. The van der Waals surface area contributed by atoms with Gasteiger partial charge in [0.05, 0.1) is 0 Å². The molecule has 0 spiro atoms. The third-order valence-electron chi connectivity index (χ3n) is 3.11. The molecule has 0 amide bonds. The van der Waals surface area contributed by atoms with Crippen molar-refractivity contribution in [2.24, 2.45) is 5.73 Å². The van der Waals surface area contributed by atoms with Crippen molar-refractivity contribution in [3.8, 4) is 0 Å². The Morgan fingerprint density at radius 2 is 2.00 bits per heavy atom. The van der Waals surface area contributed by atoms with Gasteiger partial charge in [-0.05, 0) is 55.9 Å². The van der Waals surface area contributed by atoms with Gasteiger partial charge in [-0.3, -0.25) is 0 Å². The highest BCUT2D eigenvalue weighted by Gasteiger charge is 2.12. The van der Waals surface area contributed by atoms with Crippen LogP contribution < -0.4 is 5.73 Å². The van der Waals surface area contributed by atoms with Crippen LogP contribution in [0.4, 0.5) is 0 Å². The zero-order valence-electron chi connectivity index (χ0n) is 10.2. The lowest BCUT2D eigenvalue weighted by Gasteiger charge is -2.14. The first kappa shape index (κ1) is 12.0. The van der Waals surface area contributed by atoms with Gasteiger partial charge in [0.25, 0.3) is 0 Å². The molecule has 1 aliphatic rings. The first-order valence-electron chi connectivity index (χ1n) is 6.19. The van der Waals surface area contributed by atoms with Crippen molar-refractivity contribution in [3.05, 3.63) is 29.3 Å². The second-order valence-electron chi connectivity index (χ2n) is 4.93. The van der Waals surface area contributed by atoms with Crippen LogP contribution in [0.15, 0.2) is 23.1 Å². The quantitative estimate of drug-likeness (QED) is 0.810. The molecule has 88 valence electrons. The van der Waals surface area contributed by atoms with Gasteiger partial charge in [-0.15, -0.1) is 11.8 Å². The van der Waals surface area contributed by atoms with Crippen molar-refractivity contribution in [1.29, 1.82) is 0 Å². The van der Waals surface area contributed by atoms with Gasteiger partial charge in [-0.2, -0.15) is 0 Å². The van der Waals surface area contributed by atoms with Crippen molar-refractivity contribution < 1.29 is 0 Å². The molecule has 2 N–H and O–H groups in total. The zero-order chi connectivity index (χ0) is 11.5. The maximum absolute atomic E-state index is 5.82. The average Bonchev–Trinajstić information content (AvgIpc) is 2.63. The Kier molecular flexibility index (Phi) is 3.93. The lowest BCUT2D eigenvalue weighted by atomic mass is 10.1. The summed E-state index contributed by atoms with van der Waals surface area (Å²) in [4.78, 5) is 1.41. The maximum Gasteiger partial charge on any atom is 0.00806 e. The lowest BCUT2D eigenvalue weighted by Crippen LogP contribution is -2.19. The summed E-state index contributed by atoms with van der Waals surface area (Å²) in [6.07, 6.45) is 4.96. The van der Waals surface area contributed by atoms with Crippen molar-refractivity contribution in [3.63, 3.8) is 0 Å². The summed E-state index contributed by atoms with van der Waals surface area (Å²) in [5.41, 5.74) is 8.95. The fourth-order valence-corrected chi connectivity index (χ4v) is 3.65. The van der Waals surface area contributed by atoms with Gasteiger partial charge in [0, 0.05) is 16.2 Å². The van der Waals surface area contributed by atoms with E-state index in [1.165, 1.54) is 24.2 Å². The van der Waals surface area contributed by atoms with E-state index in [-0.39, 0.29) is 0 Å². The SMILES string of the molecule is CC(N)CC(C)Sc1ccc2c(c1)CCC2. The highest BCUT2D eigenvalue weighted by molar-refractivity contribution is 7.99. The minimum absolute atomic E-state index is 0.303. The van der Waals surface area contributed by atoms with Crippen LogP contribution in [-0.4, -0.2) is 11.3 Å². The van der Waals surface area contributed by atoms with Crippen LogP contribution in [0.25, 0.3) is 0 Å². The van der Waals surface area contributed by atoms with Gasteiger partial charge < -0.3 is 5.73 Å². The highest BCUT2D eigenvalue weighted by atomic mass is 32.2. The summed E-state index contributed by atoms with van der Waals surface area (Å²) in [5.74, 6) is 0. The van der Waals surface area contributed by atoms with Crippen LogP contribution in [0, 0.1) is 0 Å². The normalized spacial score (nSPS) is 18.2. The van der Waals surface area contributed by atoms with E-state index in [1.807, 2.05) is 11.8 Å². The largest absolute Gasteiger partial charge is 0.328 e. The molecule has 2 unspecified atom stereocenters. The summed E-state index contributed by atoms with van der Waals surface area (Å²) < 4.78 is 0. The van der Waals surface area contributed by atoms with Crippen LogP contribution in [0.3, 0.4) is 0 Å². The molecule has 1 aromatic carbocycles. The molecule has 0 aromatic heterocycles. The summed E-state index contributed by atoms with van der Waals surface area (Å²) >= 11 is 1.96. The van der Waals surface area contributed by atoms with Crippen molar-refractivity contribution in [1.82, 2.24) is 0 Å². The molecule has 0 fully saturated rings. The molecule has 2 heteroatoms. The molecule has 1 aromatic rings. The van der Waals surface area contributed by atoms with Crippen molar-refractivity contribution in [2.45, 2.75) is 55.7 Å².